The molecule has 1 aliphatic carbocycles. The quantitative estimate of drug-likeness (QED) is 0.542. The predicted molar refractivity (Wildman–Crippen MR) is 108 cm³/mol. The monoisotopic (exact) mass is 390 g/mol. The second kappa shape index (κ2) is 6.10. The van der Waals surface area contributed by atoms with Gasteiger partial charge in [0.1, 0.15) is 17.2 Å². The average molecular weight is 390 g/mol. The third-order valence-electron chi connectivity index (χ3n) is 6.05. The van der Waals surface area contributed by atoms with Crippen molar-refractivity contribution in [2.75, 3.05) is 18.0 Å². The topological polar surface area (TPSA) is 79.5 Å². The van der Waals surface area contributed by atoms with Gasteiger partial charge in [0.05, 0.1) is 23.9 Å². The minimum absolute atomic E-state index is 0.237. The Morgan fingerprint density at radius 1 is 1.24 bits per heavy atom. The smallest absolute Gasteiger partial charge is 0.248 e. The van der Waals surface area contributed by atoms with E-state index in [1.54, 1.807) is 18.3 Å². The number of benzene rings is 1. The van der Waals surface area contributed by atoms with Crippen molar-refractivity contribution >= 4 is 27.8 Å². The second-order valence-corrected chi connectivity index (χ2v) is 7.89. The molecule has 29 heavy (non-hydrogen) atoms. The molecule has 0 spiro atoms. The summed E-state index contributed by atoms with van der Waals surface area (Å²) in [4.78, 5) is 22.0. The standard InChI is InChI=1S/C21H19FN6O/c22-15-6-2-5-14-13(9-17(29)24-18(14)15)11-28-20(12-3-1-4-12)25-19-16(27-7-8-27)10-23-26-21(19)28/h2,5-6,9-10,12H,1,3-4,7-8,11H2,(H,24,29). The highest BCUT2D eigenvalue weighted by molar-refractivity contribution is 5.87. The van der Waals surface area contributed by atoms with Gasteiger partial charge in [-0.15, -0.1) is 5.10 Å². The van der Waals surface area contributed by atoms with Crippen LogP contribution in [-0.2, 0) is 6.54 Å². The van der Waals surface area contributed by atoms with E-state index in [9.17, 15) is 9.18 Å². The number of para-hydroxylation sites is 1. The molecule has 0 bridgehead atoms. The molecule has 1 aromatic carbocycles. The summed E-state index contributed by atoms with van der Waals surface area (Å²) in [6.45, 7) is 2.42. The van der Waals surface area contributed by atoms with Gasteiger partial charge < -0.3 is 14.5 Å². The zero-order chi connectivity index (χ0) is 19.5. The minimum atomic E-state index is -0.431. The summed E-state index contributed by atoms with van der Waals surface area (Å²) in [6, 6.07) is 6.39. The number of hydrogen-bond donors (Lipinski definition) is 1. The molecular formula is C21H19FN6O. The van der Waals surface area contributed by atoms with Gasteiger partial charge in [-0.2, -0.15) is 5.10 Å². The molecule has 0 radical (unpaired) electrons. The Kier molecular flexibility index (Phi) is 3.50. The number of hydrogen-bond acceptors (Lipinski definition) is 5. The summed E-state index contributed by atoms with van der Waals surface area (Å²) in [5, 5.41) is 9.30. The van der Waals surface area contributed by atoms with Crippen LogP contribution >= 0.6 is 0 Å². The molecule has 7 nitrogen and oxygen atoms in total. The van der Waals surface area contributed by atoms with E-state index in [1.807, 2.05) is 6.07 Å². The molecule has 1 saturated heterocycles. The number of fused-ring (bicyclic) bond motifs is 2. The Morgan fingerprint density at radius 2 is 2.10 bits per heavy atom. The zero-order valence-corrected chi connectivity index (χ0v) is 15.7. The van der Waals surface area contributed by atoms with Crippen LogP contribution in [0.15, 0.2) is 35.3 Å². The molecule has 1 N–H and O–H groups in total. The van der Waals surface area contributed by atoms with Gasteiger partial charge in [0.25, 0.3) is 0 Å². The summed E-state index contributed by atoms with van der Waals surface area (Å²) in [5.74, 6) is 0.940. The maximum absolute atomic E-state index is 14.3. The van der Waals surface area contributed by atoms with E-state index >= 15 is 0 Å². The molecular weight excluding hydrogens is 371 g/mol. The number of rotatable bonds is 4. The van der Waals surface area contributed by atoms with Crippen LogP contribution in [0.4, 0.5) is 10.1 Å². The van der Waals surface area contributed by atoms with Gasteiger partial charge in [0, 0.05) is 30.5 Å². The molecule has 8 heteroatoms. The van der Waals surface area contributed by atoms with E-state index in [-0.39, 0.29) is 11.1 Å². The van der Waals surface area contributed by atoms with E-state index in [1.165, 1.54) is 12.5 Å². The van der Waals surface area contributed by atoms with Crippen LogP contribution < -0.4 is 10.5 Å². The number of aromatic amines is 1. The third-order valence-corrected chi connectivity index (χ3v) is 6.05. The highest BCUT2D eigenvalue weighted by atomic mass is 19.1. The lowest BCUT2D eigenvalue weighted by molar-refractivity contribution is 0.391. The number of pyridine rings is 1. The Hall–Kier alpha value is -3.29. The zero-order valence-electron chi connectivity index (χ0n) is 15.7. The lowest BCUT2D eigenvalue weighted by Gasteiger charge is -2.25. The van der Waals surface area contributed by atoms with E-state index in [0.29, 0.717) is 17.8 Å². The molecule has 1 saturated carbocycles. The molecule has 6 rings (SSSR count). The average Bonchev–Trinajstić information content (AvgIpc) is 3.45. The summed E-state index contributed by atoms with van der Waals surface area (Å²) in [6.07, 6.45) is 5.16. The van der Waals surface area contributed by atoms with Crippen LogP contribution in [0.1, 0.15) is 36.6 Å². The first-order valence-corrected chi connectivity index (χ1v) is 9.96. The van der Waals surface area contributed by atoms with Crippen molar-refractivity contribution in [1.29, 1.82) is 0 Å². The van der Waals surface area contributed by atoms with E-state index in [4.69, 9.17) is 4.98 Å². The van der Waals surface area contributed by atoms with Crippen LogP contribution in [0.2, 0.25) is 0 Å². The number of H-pyrrole nitrogens is 1. The summed E-state index contributed by atoms with van der Waals surface area (Å²) < 4.78 is 16.3. The lowest BCUT2D eigenvalue weighted by atomic mass is 9.85. The fourth-order valence-corrected chi connectivity index (χ4v) is 4.21. The molecule has 4 heterocycles. The maximum Gasteiger partial charge on any atom is 0.248 e. The van der Waals surface area contributed by atoms with Crippen LogP contribution in [0.3, 0.4) is 0 Å². The second-order valence-electron chi connectivity index (χ2n) is 7.89. The molecule has 0 unspecified atom stereocenters. The van der Waals surface area contributed by atoms with Crippen molar-refractivity contribution in [3.63, 3.8) is 0 Å². The van der Waals surface area contributed by atoms with Gasteiger partial charge in [-0.1, -0.05) is 18.6 Å². The van der Waals surface area contributed by atoms with Gasteiger partial charge in [0.2, 0.25) is 5.56 Å². The molecule has 2 aliphatic rings. The summed E-state index contributed by atoms with van der Waals surface area (Å²) in [5.41, 5.74) is 3.27. The molecule has 1 aliphatic heterocycles. The van der Waals surface area contributed by atoms with Crippen molar-refractivity contribution in [2.24, 2.45) is 0 Å². The lowest BCUT2D eigenvalue weighted by Crippen LogP contribution is -2.17. The summed E-state index contributed by atoms with van der Waals surface area (Å²) >= 11 is 0. The number of halogens is 1. The maximum atomic E-state index is 14.3. The first kappa shape index (κ1) is 16.6. The predicted octanol–water partition coefficient (Wildman–Crippen LogP) is 2.94. The first-order chi connectivity index (χ1) is 14.2. The van der Waals surface area contributed by atoms with Gasteiger partial charge in [-0.25, -0.2) is 9.37 Å². The molecule has 0 amide bonds. The van der Waals surface area contributed by atoms with E-state index < -0.39 is 5.82 Å². The van der Waals surface area contributed by atoms with Crippen LogP contribution in [-0.4, -0.2) is 37.8 Å². The van der Waals surface area contributed by atoms with Crippen molar-refractivity contribution in [3.05, 3.63) is 58.0 Å². The van der Waals surface area contributed by atoms with Crippen molar-refractivity contribution < 1.29 is 4.39 Å². The van der Waals surface area contributed by atoms with Crippen molar-refractivity contribution in [2.45, 2.75) is 31.7 Å². The van der Waals surface area contributed by atoms with Crippen LogP contribution in [0, 0.1) is 5.82 Å². The Balaban J connectivity index is 1.57. The van der Waals surface area contributed by atoms with Crippen LogP contribution in [0.5, 0.6) is 0 Å². The highest BCUT2D eigenvalue weighted by Gasteiger charge is 2.30. The highest BCUT2D eigenvalue weighted by Crippen LogP contribution is 2.39. The molecule has 0 atom stereocenters. The molecule has 146 valence electrons. The van der Waals surface area contributed by atoms with Crippen molar-refractivity contribution in [1.82, 2.24) is 24.7 Å². The van der Waals surface area contributed by atoms with Gasteiger partial charge in [-0.05, 0) is 24.5 Å². The number of anilines is 1. The molecule has 3 aromatic heterocycles. The third kappa shape index (κ3) is 2.62. The Morgan fingerprint density at radius 3 is 2.86 bits per heavy atom. The molecule has 4 aromatic rings. The fraction of sp³-hybridized carbons (Fsp3) is 0.333. The number of nitrogens with zero attached hydrogens (tertiary/aromatic N) is 5. The summed E-state index contributed by atoms with van der Waals surface area (Å²) in [7, 11) is 0. The van der Waals surface area contributed by atoms with Gasteiger partial charge in [-0.3, -0.25) is 4.79 Å². The molecule has 2 fully saturated rings. The van der Waals surface area contributed by atoms with E-state index in [0.717, 1.165) is 54.2 Å². The largest absolute Gasteiger partial charge is 0.365 e. The SMILES string of the molecule is O=c1cc(Cn2c(C3CCC3)nc3c(N4CC4)cnnc32)c2cccc(F)c2[nH]1. The number of imidazole rings is 1. The Labute approximate surface area is 165 Å². The first-order valence-electron chi connectivity index (χ1n) is 9.96. The fourth-order valence-electron chi connectivity index (χ4n) is 4.21. The Bertz CT molecular complexity index is 1320. The number of nitrogens with one attached hydrogen (secondary N) is 1. The normalized spacial score (nSPS) is 16.5. The number of aromatic nitrogens is 5. The van der Waals surface area contributed by atoms with Gasteiger partial charge in [0.15, 0.2) is 5.65 Å². The van der Waals surface area contributed by atoms with Gasteiger partial charge >= 0.3 is 0 Å². The van der Waals surface area contributed by atoms with Crippen LogP contribution in [0.25, 0.3) is 22.1 Å². The minimum Gasteiger partial charge on any atom is -0.365 e. The van der Waals surface area contributed by atoms with Crippen molar-refractivity contribution in [3.8, 4) is 0 Å². The van der Waals surface area contributed by atoms with E-state index in [2.05, 4.69) is 24.6 Å².